The van der Waals surface area contributed by atoms with E-state index in [4.69, 9.17) is 0 Å². The molecule has 0 fully saturated rings. The zero-order valence-electron chi connectivity index (χ0n) is 10.2. The second-order valence-electron chi connectivity index (χ2n) is 4.14. The summed E-state index contributed by atoms with van der Waals surface area (Å²) in [4.78, 5) is 4.28. The number of aryl methyl sites for hydroxylation is 1. The highest BCUT2D eigenvalue weighted by molar-refractivity contribution is 7.09. The Labute approximate surface area is 105 Å². The van der Waals surface area contributed by atoms with Gasteiger partial charge in [0.1, 0.15) is 10.8 Å². The lowest BCUT2D eigenvalue weighted by atomic mass is 10.1. The number of thiazole rings is 1. The van der Waals surface area contributed by atoms with Gasteiger partial charge in [-0.2, -0.15) is 0 Å². The molecular weight excluding hydrogens is 232 g/mol. The summed E-state index contributed by atoms with van der Waals surface area (Å²) in [7, 11) is 0. The minimum absolute atomic E-state index is 0.149. The minimum atomic E-state index is 0.149. The number of phenolic OH excluding ortho intramolecular Hbond substituents is 1. The number of rotatable bonds is 3. The molecule has 0 aliphatic carbocycles. The number of aromatic nitrogens is 1. The van der Waals surface area contributed by atoms with Crippen LogP contribution in [0.25, 0.3) is 0 Å². The molecule has 1 heterocycles. The molecule has 0 spiro atoms. The standard InChI is InChI=1S/C13H16N2OS/c1-8-4-5-11(9(2)12(8)16)15-10(3)13-14-6-7-17-13/h4-7,10,15-16H,1-3H3. The Morgan fingerprint density at radius 1 is 1.35 bits per heavy atom. The van der Waals surface area contributed by atoms with Crippen LogP contribution in [0.1, 0.15) is 29.1 Å². The van der Waals surface area contributed by atoms with Crippen molar-refractivity contribution < 1.29 is 5.11 Å². The Kier molecular flexibility index (Phi) is 3.33. The van der Waals surface area contributed by atoms with Crippen LogP contribution in [-0.4, -0.2) is 10.1 Å². The van der Waals surface area contributed by atoms with Gasteiger partial charge in [-0.1, -0.05) is 6.07 Å². The fraction of sp³-hybridized carbons (Fsp3) is 0.308. The van der Waals surface area contributed by atoms with Gasteiger partial charge in [-0.05, 0) is 32.4 Å². The lowest BCUT2D eigenvalue weighted by Crippen LogP contribution is -2.07. The molecule has 4 heteroatoms. The Morgan fingerprint density at radius 3 is 2.76 bits per heavy atom. The number of hydrogen-bond acceptors (Lipinski definition) is 4. The molecule has 0 radical (unpaired) electrons. The summed E-state index contributed by atoms with van der Waals surface area (Å²) in [6.45, 7) is 5.88. The fourth-order valence-corrected chi connectivity index (χ4v) is 2.38. The first-order chi connectivity index (χ1) is 8.09. The molecule has 0 aliphatic rings. The van der Waals surface area contributed by atoms with Crippen molar-refractivity contribution >= 4 is 17.0 Å². The molecule has 90 valence electrons. The predicted molar refractivity (Wildman–Crippen MR) is 71.7 cm³/mol. The van der Waals surface area contributed by atoms with Gasteiger partial charge in [0.2, 0.25) is 0 Å². The van der Waals surface area contributed by atoms with Crippen molar-refractivity contribution in [2.24, 2.45) is 0 Å². The molecule has 2 aromatic rings. The Balaban J connectivity index is 2.22. The van der Waals surface area contributed by atoms with Crippen molar-refractivity contribution in [1.29, 1.82) is 0 Å². The van der Waals surface area contributed by atoms with Crippen LogP contribution in [0.4, 0.5) is 5.69 Å². The van der Waals surface area contributed by atoms with Gasteiger partial charge in [0.25, 0.3) is 0 Å². The second-order valence-corrected chi connectivity index (χ2v) is 5.07. The van der Waals surface area contributed by atoms with E-state index in [1.165, 1.54) is 0 Å². The third kappa shape index (κ3) is 2.42. The van der Waals surface area contributed by atoms with Crippen molar-refractivity contribution in [3.8, 4) is 5.75 Å². The minimum Gasteiger partial charge on any atom is -0.507 e. The first-order valence-electron chi connectivity index (χ1n) is 5.54. The average molecular weight is 248 g/mol. The molecule has 2 N–H and O–H groups in total. The lowest BCUT2D eigenvalue weighted by molar-refractivity contribution is 0.467. The number of nitrogens with zero attached hydrogens (tertiary/aromatic N) is 1. The van der Waals surface area contributed by atoms with Gasteiger partial charge in [-0.3, -0.25) is 0 Å². The third-order valence-corrected chi connectivity index (χ3v) is 3.78. The van der Waals surface area contributed by atoms with Gasteiger partial charge in [0.15, 0.2) is 0 Å². The molecule has 0 amide bonds. The van der Waals surface area contributed by atoms with Gasteiger partial charge in [0.05, 0.1) is 6.04 Å². The summed E-state index contributed by atoms with van der Waals surface area (Å²) in [5, 5.41) is 16.3. The predicted octanol–water partition coefficient (Wildman–Crippen LogP) is 3.64. The largest absolute Gasteiger partial charge is 0.507 e. The highest BCUT2D eigenvalue weighted by Crippen LogP contribution is 2.30. The molecule has 0 saturated heterocycles. The van der Waals surface area contributed by atoms with E-state index < -0.39 is 0 Å². The first-order valence-corrected chi connectivity index (χ1v) is 6.42. The van der Waals surface area contributed by atoms with Crippen LogP contribution in [0.2, 0.25) is 0 Å². The first kappa shape index (κ1) is 11.9. The molecule has 1 aromatic heterocycles. The number of nitrogens with one attached hydrogen (secondary N) is 1. The summed E-state index contributed by atoms with van der Waals surface area (Å²) < 4.78 is 0. The summed E-state index contributed by atoms with van der Waals surface area (Å²) >= 11 is 1.63. The van der Waals surface area contributed by atoms with Crippen molar-refractivity contribution in [1.82, 2.24) is 4.98 Å². The molecule has 1 unspecified atom stereocenters. The van der Waals surface area contributed by atoms with Gasteiger partial charge < -0.3 is 10.4 Å². The number of aromatic hydroxyl groups is 1. The van der Waals surface area contributed by atoms with Crippen LogP contribution >= 0.6 is 11.3 Å². The zero-order valence-corrected chi connectivity index (χ0v) is 11.0. The molecule has 2 rings (SSSR count). The summed E-state index contributed by atoms with van der Waals surface area (Å²) in [6, 6.07) is 4.06. The number of anilines is 1. The molecular formula is C13H16N2OS. The number of benzene rings is 1. The second kappa shape index (κ2) is 4.75. The quantitative estimate of drug-likeness (QED) is 0.871. The van der Waals surface area contributed by atoms with Crippen LogP contribution in [0.5, 0.6) is 5.75 Å². The maximum Gasteiger partial charge on any atom is 0.123 e. The van der Waals surface area contributed by atoms with E-state index in [9.17, 15) is 5.11 Å². The Hall–Kier alpha value is -1.55. The zero-order chi connectivity index (χ0) is 12.4. The fourth-order valence-electron chi connectivity index (χ4n) is 1.74. The Bertz CT molecular complexity index is 508. The van der Waals surface area contributed by atoms with Crippen LogP contribution in [0.15, 0.2) is 23.7 Å². The van der Waals surface area contributed by atoms with Gasteiger partial charge in [-0.15, -0.1) is 11.3 Å². The third-order valence-electron chi connectivity index (χ3n) is 2.83. The van der Waals surface area contributed by atoms with Crippen LogP contribution in [0, 0.1) is 13.8 Å². The van der Waals surface area contributed by atoms with Crippen LogP contribution < -0.4 is 5.32 Å². The maximum absolute atomic E-state index is 9.88. The van der Waals surface area contributed by atoms with Crippen molar-refractivity contribution in [2.75, 3.05) is 5.32 Å². The van der Waals surface area contributed by atoms with E-state index >= 15 is 0 Å². The monoisotopic (exact) mass is 248 g/mol. The molecule has 0 aliphatic heterocycles. The van der Waals surface area contributed by atoms with Crippen LogP contribution in [-0.2, 0) is 0 Å². The highest BCUT2D eigenvalue weighted by Gasteiger charge is 2.11. The van der Waals surface area contributed by atoms with E-state index in [1.807, 2.05) is 31.4 Å². The van der Waals surface area contributed by atoms with E-state index in [0.717, 1.165) is 21.8 Å². The van der Waals surface area contributed by atoms with E-state index in [2.05, 4.69) is 17.2 Å². The lowest BCUT2D eigenvalue weighted by Gasteiger charge is -2.16. The highest BCUT2D eigenvalue weighted by atomic mass is 32.1. The van der Waals surface area contributed by atoms with Gasteiger partial charge in [0, 0.05) is 22.8 Å². The van der Waals surface area contributed by atoms with E-state index in [1.54, 1.807) is 17.5 Å². The van der Waals surface area contributed by atoms with E-state index in [-0.39, 0.29) is 6.04 Å². The maximum atomic E-state index is 9.88. The smallest absolute Gasteiger partial charge is 0.123 e. The topological polar surface area (TPSA) is 45.2 Å². The average Bonchev–Trinajstić information content (AvgIpc) is 2.83. The van der Waals surface area contributed by atoms with Crippen molar-refractivity contribution in [3.63, 3.8) is 0 Å². The molecule has 0 bridgehead atoms. The molecule has 1 atom stereocenters. The summed E-state index contributed by atoms with van der Waals surface area (Å²) in [5.74, 6) is 0.362. The molecule has 0 saturated carbocycles. The van der Waals surface area contributed by atoms with Crippen LogP contribution in [0.3, 0.4) is 0 Å². The summed E-state index contributed by atoms with van der Waals surface area (Å²) in [5.41, 5.74) is 2.74. The van der Waals surface area contributed by atoms with E-state index in [0.29, 0.717) is 5.75 Å². The normalized spacial score (nSPS) is 12.4. The number of phenols is 1. The number of hydrogen-bond donors (Lipinski definition) is 2. The van der Waals surface area contributed by atoms with Crippen molar-refractivity contribution in [2.45, 2.75) is 26.8 Å². The van der Waals surface area contributed by atoms with Crippen molar-refractivity contribution in [3.05, 3.63) is 39.8 Å². The van der Waals surface area contributed by atoms with Gasteiger partial charge in [-0.25, -0.2) is 4.98 Å². The SMILES string of the molecule is Cc1ccc(NC(C)c2nccs2)c(C)c1O. The molecule has 17 heavy (non-hydrogen) atoms. The van der Waals surface area contributed by atoms with Gasteiger partial charge >= 0.3 is 0 Å². The Morgan fingerprint density at radius 2 is 2.12 bits per heavy atom. The molecule has 1 aromatic carbocycles. The molecule has 3 nitrogen and oxygen atoms in total. The summed E-state index contributed by atoms with van der Waals surface area (Å²) in [6.07, 6.45) is 1.80.